The number of amides is 1. The van der Waals surface area contributed by atoms with Gasteiger partial charge in [0.25, 0.3) is 5.91 Å². The van der Waals surface area contributed by atoms with Gasteiger partial charge in [-0.2, -0.15) is 5.10 Å². The van der Waals surface area contributed by atoms with Crippen molar-refractivity contribution in [1.29, 1.82) is 0 Å². The minimum Gasteiger partial charge on any atom is -0.494 e. The van der Waals surface area contributed by atoms with Crippen molar-refractivity contribution in [3.8, 4) is 5.75 Å². The molecule has 1 heterocycles. The lowest BCUT2D eigenvalue weighted by Gasteiger charge is -2.08. The third-order valence-electron chi connectivity index (χ3n) is 3.11. The van der Waals surface area contributed by atoms with Crippen LogP contribution < -0.4 is 15.8 Å². The van der Waals surface area contributed by atoms with Crippen LogP contribution >= 0.6 is 0 Å². The molecule has 0 saturated carbocycles. The molecule has 0 atom stereocenters. The smallest absolute Gasteiger partial charge is 0.276 e. The Kier molecular flexibility index (Phi) is 4.47. The molecule has 0 radical (unpaired) electrons. The predicted octanol–water partition coefficient (Wildman–Crippen LogP) is 2.22. The van der Waals surface area contributed by atoms with Crippen LogP contribution in [-0.4, -0.2) is 22.3 Å². The van der Waals surface area contributed by atoms with Gasteiger partial charge in [-0.1, -0.05) is 13.0 Å². The quantitative estimate of drug-likeness (QED) is 0.883. The number of anilines is 2. The molecule has 6 heteroatoms. The minimum atomic E-state index is -0.282. The van der Waals surface area contributed by atoms with E-state index in [0.717, 1.165) is 5.69 Å². The van der Waals surface area contributed by atoms with E-state index in [2.05, 4.69) is 10.4 Å². The van der Waals surface area contributed by atoms with Crippen molar-refractivity contribution in [3.63, 3.8) is 0 Å². The number of nitrogens with two attached hydrogens (primary N) is 1. The summed E-state index contributed by atoms with van der Waals surface area (Å²) in [5, 5.41) is 7.06. The monoisotopic (exact) mass is 288 g/mol. The van der Waals surface area contributed by atoms with Crippen molar-refractivity contribution in [2.24, 2.45) is 7.05 Å². The van der Waals surface area contributed by atoms with Crippen LogP contribution in [0.1, 0.15) is 30.0 Å². The normalized spacial score (nSPS) is 10.4. The van der Waals surface area contributed by atoms with E-state index >= 15 is 0 Å². The summed E-state index contributed by atoms with van der Waals surface area (Å²) in [5.74, 6) is 0.429. The summed E-state index contributed by atoms with van der Waals surface area (Å²) in [5.41, 5.74) is 8.16. The van der Waals surface area contributed by atoms with E-state index in [4.69, 9.17) is 10.5 Å². The topological polar surface area (TPSA) is 82.2 Å². The fourth-order valence-electron chi connectivity index (χ4n) is 2.15. The number of nitrogens with zero attached hydrogens (tertiary/aromatic N) is 2. The molecule has 0 fully saturated rings. The van der Waals surface area contributed by atoms with Crippen LogP contribution in [0.4, 0.5) is 11.4 Å². The Bertz CT molecular complexity index is 649. The molecule has 1 aromatic heterocycles. The average molecular weight is 288 g/mol. The Morgan fingerprint density at radius 1 is 1.43 bits per heavy atom. The number of ether oxygens (including phenoxy) is 1. The lowest BCUT2D eigenvalue weighted by molar-refractivity contribution is 0.101. The number of nitrogen functional groups attached to an aromatic ring is 1. The highest BCUT2D eigenvalue weighted by Gasteiger charge is 2.19. The maximum Gasteiger partial charge on any atom is 0.276 e. The van der Waals surface area contributed by atoms with Crippen molar-refractivity contribution in [3.05, 3.63) is 35.7 Å². The van der Waals surface area contributed by atoms with Crippen LogP contribution in [0.5, 0.6) is 5.75 Å². The van der Waals surface area contributed by atoms with Gasteiger partial charge in [0.15, 0.2) is 0 Å². The zero-order valence-corrected chi connectivity index (χ0v) is 12.5. The molecule has 1 amide bonds. The highest BCUT2D eigenvalue weighted by molar-refractivity contribution is 6.06. The third kappa shape index (κ3) is 3.16. The van der Waals surface area contributed by atoms with Crippen molar-refractivity contribution >= 4 is 17.3 Å². The van der Waals surface area contributed by atoms with E-state index in [0.29, 0.717) is 35.8 Å². The van der Waals surface area contributed by atoms with E-state index in [1.165, 1.54) is 4.68 Å². The van der Waals surface area contributed by atoms with Crippen molar-refractivity contribution in [2.45, 2.75) is 20.3 Å². The first-order valence-electron chi connectivity index (χ1n) is 6.92. The molecule has 2 aromatic rings. The second-order valence-electron chi connectivity index (χ2n) is 4.60. The van der Waals surface area contributed by atoms with Gasteiger partial charge in [0, 0.05) is 18.8 Å². The van der Waals surface area contributed by atoms with Gasteiger partial charge >= 0.3 is 0 Å². The second-order valence-corrected chi connectivity index (χ2v) is 4.60. The molecule has 0 spiro atoms. The fourth-order valence-corrected chi connectivity index (χ4v) is 2.15. The Balaban J connectivity index is 2.22. The number of carbonyl (C=O) groups excluding carboxylic acids is 1. The molecule has 0 aliphatic heterocycles. The number of rotatable bonds is 5. The molecule has 0 aliphatic carbocycles. The number of carbonyl (C=O) groups is 1. The van der Waals surface area contributed by atoms with Crippen LogP contribution in [0.3, 0.4) is 0 Å². The van der Waals surface area contributed by atoms with Gasteiger partial charge < -0.3 is 15.8 Å². The molecule has 21 heavy (non-hydrogen) atoms. The Morgan fingerprint density at radius 3 is 2.81 bits per heavy atom. The lowest BCUT2D eigenvalue weighted by Crippen LogP contribution is -2.17. The molecular formula is C15H20N4O2. The first-order chi connectivity index (χ1) is 10.1. The number of nitrogens with one attached hydrogen (secondary N) is 1. The highest BCUT2D eigenvalue weighted by atomic mass is 16.5. The summed E-state index contributed by atoms with van der Waals surface area (Å²) < 4.78 is 6.92. The van der Waals surface area contributed by atoms with Crippen LogP contribution in [-0.2, 0) is 13.5 Å². The van der Waals surface area contributed by atoms with Gasteiger partial charge in [0.05, 0.1) is 18.0 Å². The number of hydrogen-bond acceptors (Lipinski definition) is 4. The zero-order chi connectivity index (χ0) is 15.4. The van der Waals surface area contributed by atoms with Crippen molar-refractivity contribution < 1.29 is 9.53 Å². The molecule has 0 bridgehead atoms. The summed E-state index contributed by atoms with van der Waals surface area (Å²) in [6.07, 6.45) is 0.687. The van der Waals surface area contributed by atoms with Crippen molar-refractivity contribution in [2.75, 3.05) is 17.7 Å². The van der Waals surface area contributed by atoms with Gasteiger partial charge in [-0.25, -0.2) is 0 Å². The Hall–Kier alpha value is -2.50. The summed E-state index contributed by atoms with van der Waals surface area (Å²) in [7, 11) is 1.71. The van der Waals surface area contributed by atoms with Gasteiger partial charge in [-0.15, -0.1) is 0 Å². The summed E-state index contributed by atoms with van der Waals surface area (Å²) in [6.45, 7) is 4.44. The molecule has 3 N–H and O–H groups in total. The van der Waals surface area contributed by atoms with E-state index in [9.17, 15) is 4.79 Å². The van der Waals surface area contributed by atoms with Crippen LogP contribution in [0.25, 0.3) is 0 Å². The number of hydrogen-bond donors (Lipinski definition) is 2. The van der Waals surface area contributed by atoms with E-state index in [-0.39, 0.29) is 5.91 Å². The molecule has 6 nitrogen and oxygen atoms in total. The largest absolute Gasteiger partial charge is 0.494 e. The minimum absolute atomic E-state index is 0.282. The summed E-state index contributed by atoms with van der Waals surface area (Å²) >= 11 is 0. The van der Waals surface area contributed by atoms with Gasteiger partial charge in [0.1, 0.15) is 11.4 Å². The Morgan fingerprint density at radius 2 is 2.19 bits per heavy atom. The fraction of sp³-hybridized carbons (Fsp3) is 0.333. The molecule has 0 unspecified atom stereocenters. The second kappa shape index (κ2) is 6.30. The zero-order valence-electron chi connectivity index (χ0n) is 12.5. The van der Waals surface area contributed by atoms with Crippen LogP contribution in [0, 0.1) is 0 Å². The molecule has 2 rings (SSSR count). The molecule has 1 aromatic carbocycles. The highest BCUT2D eigenvalue weighted by Crippen LogP contribution is 2.21. The van der Waals surface area contributed by atoms with E-state index in [1.54, 1.807) is 19.2 Å². The van der Waals surface area contributed by atoms with E-state index in [1.807, 2.05) is 26.0 Å². The van der Waals surface area contributed by atoms with Gasteiger partial charge in [-0.05, 0) is 25.5 Å². The maximum absolute atomic E-state index is 12.4. The maximum atomic E-state index is 12.4. The van der Waals surface area contributed by atoms with Gasteiger partial charge in [-0.3, -0.25) is 9.48 Å². The SMILES string of the molecule is CCOc1cccc(NC(=O)c2c(N)c(CC)nn2C)c1. The molecule has 0 saturated heterocycles. The Labute approximate surface area is 123 Å². The first kappa shape index (κ1) is 14.9. The average Bonchev–Trinajstić information content (AvgIpc) is 2.74. The van der Waals surface area contributed by atoms with Gasteiger partial charge in [0.2, 0.25) is 0 Å². The van der Waals surface area contributed by atoms with Crippen LogP contribution in [0.15, 0.2) is 24.3 Å². The predicted molar refractivity (Wildman–Crippen MR) is 82.6 cm³/mol. The molecule has 0 aliphatic rings. The standard InChI is InChI=1S/C15H20N4O2/c1-4-12-13(16)14(19(3)18-12)15(20)17-10-7-6-8-11(9-10)21-5-2/h6-9H,4-5,16H2,1-3H3,(H,17,20). The van der Waals surface area contributed by atoms with Crippen LogP contribution in [0.2, 0.25) is 0 Å². The number of aromatic nitrogens is 2. The summed E-state index contributed by atoms with van der Waals surface area (Å²) in [6, 6.07) is 7.24. The summed E-state index contributed by atoms with van der Waals surface area (Å²) in [4.78, 5) is 12.4. The molecule has 112 valence electrons. The number of benzene rings is 1. The lowest BCUT2D eigenvalue weighted by atomic mass is 10.2. The van der Waals surface area contributed by atoms with E-state index < -0.39 is 0 Å². The third-order valence-corrected chi connectivity index (χ3v) is 3.11. The number of aryl methyl sites for hydroxylation is 2. The first-order valence-corrected chi connectivity index (χ1v) is 6.92. The van der Waals surface area contributed by atoms with Crippen molar-refractivity contribution in [1.82, 2.24) is 9.78 Å². The molecular weight excluding hydrogens is 268 g/mol.